The molecule has 0 aromatic heterocycles. The van der Waals surface area contributed by atoms with Gasteiger partial charge in [-0.3, -0.25) is 9.69 Å². The highest BCUT2D eigenvalue weighted by atomic mass is 16.5. The Morgan fingerprint density at radius 2 is 2.07 bits per heavy atom. The molecule has 1 N–H and O–H groups in total. The van der Waals surface area contributed by atoms with Gasteiger partial charge in [0, 0.05) is 31.8 Å². The molecule has 0 bridgehead atoms. The molecule has 1 saturated heterocycles. The summed E-state index contributed by atoms with van der Waals surface area (Å²) in [5.41, 5.74) is 2.17. The molecule has 5 nitrogen and oxygen atoms in total. The summed E-state index contributed by atoms with van der Waals surface area (Å²) < 4.78 is 10.9. The molecule has 1 aliphatic heterocycles. The molecular weight excluding hydrogens is 364 g/mol. The van der Waals surface area contributed by atoms with E-state index in [0.717, 1.165) is 31.6 Å². The zero-order chi connectivity index (χ0) is 20.5. The van der Waals surface area contributed by atoms with E-state index < -0.39 is 0 Å². The zero-order valence-corrected chi connectivity index (χ0v) is 16.8. The summed E-state index contributed by atoms with van der Waals surface area (Å²) in [6.07, 6.45) is 6.00. The summed E-state index contributed by atoms with van der Waals surface area (Å²) in [7, 11) is 1.59. The molecular formula is C24H28N2O3. The first-order chi connectivity index (χ1) is 14.2. The molecule has 29 heavy (non-hydrogen) atoms. The third-order valence-electron chi connectivity index (χ3n) is 4.84. The molecule has 5 heteroatoms. The highest BCUT2D eigenvalue weighted by molar-refractivity contribution is 5.92. The SMILES string of the molecule is C=CCOc1ccc(/C=C/C(=O)NC2CCN(Cc3ccccc3)C2)cc1OC. The molecule has 0 saturated carbocycles. The number of methoxy groups -OCH3 is 1. The third-order valence-corrected chi connectivity index (χ3v) is 4.84. The number of hydrogen-bond donors (Lipinski definition) is 1. The average molecular weight is 392 g/mol. The van der Waals surface area contributed by atoms with Crippen LogP contribution in [0, 0.1) is 0 Å². The van der Waals surface area contributed by atoms with Crippen molar-refractivity contribution in [3.8, 4) is 11.5 Å². The lowest BCUT2D eigenvalue weighted by atomic mass is 10.2. The van der Waals surface area contributed by atoms with Gasteiger partial charge in [0.1, 0.15) is 6.61 Å². The molecule has 1 heterocycles. The summed E-state index contributed by atoms with van der Waals surface area (Å²) in [5.74, 6) is 1.20. The van der Waals surface area contributed by atoms with Gasteiger partial charge in [0.25, 0.3) is 0 Å². The van der Waals surface area contributed by atoms with Crippen LogP contribution in [0.4, 0.5) is 0 Å². The highest BCUT2D eigenvalue weighted by Crippen LogP contribution is 2.28. The molecule has 0 radical (unpaired) electrons. The zero-order valence-electron chi connectivity index (χ0n) is 16.8. The van der Waals surface area contributed by atoms with Gasteiger partial charge < -0.3 is 14.8 Å². The lowest BCUT2D eigenvalue weighted by Crippen LogP contribution is -2.35. The van der Waals surface area contributed by atoms with E-state index in [1.165, 1.54) is 5.56 Å². The summed E-state index contributed by atoms with van der Waals surface area (Å²) >= 11 is 0. The Balaban J connectivity index is 1.50. The Bertz CT molecular complexity index is 848. The topological polar surface area (TPSA) is 50.8 Å². The van der Waals surface area contributed by atoms with Gasteiger partial charge >= 0.3 is 0 Å². The van der Waals surface area contributed by atoms with Gasteiger partial charge in [0.05, 0.1) is 7.11 Å². The van der Waals surface area contributed by atoms with E-state index >= 15 is 0 Å². The van der Waals surface area contributed by atoms with Gasteiger partial charge in [-0.15, -0.1) is 0 Å². The van der Waals surface area contributed by atoms with Crippen molar-refractivity contribution in [1.82, 2.24) is 10.2 Å². The first-order valence-corrected chi connectivity index (χ1v) is 9.84. The van der Waals surface area contributed by atoms with E-state index in [1.54, 1.807) is 25.3 Å². The van der Waals surface area contributed by atoms with E-state index in [0.29, 0.717) is 18.1 Å². The van der Waals surface area contributed by atoms with Crippen molar-refractivity contribution in [2.24, 2.45) is 0 Å². The third kappa shape index (κ3) is 6.22. The van der Waals surface area contributed by atoms with Gasteiger partial charge in [-0.25, -0.2) is 0 Å². The molecule has 1 fully saturated rings. The van der Waals surface area contributed by atoms with Crippen LogP contribution in [-0.2, 0) is 11.3 Å². The Morgan fingerprint density at radius 3 is 2.83 bits per heavy atom. The Labute approximate surface area is 172 Å². The predicted octanol–water partition coefficient (Wildman–Crippen LogP) is 3.66. The molecule has 3 rings (SSSR count). The number of nitrogens with one attached hydrogen (secondary N) is 1. The number of hydrogen-bond acceptors (Lipinski definition) is 4. The quantitative estimate of drug-likeness (QED) is 0.523. The molecule has 152 valence electrons. The maximum absolute atomic E-state index is 12.3. The monoisotopic (exact) mass is 392 g/mol. The minimum Gasteiger partial charge on any atom is -0.493 e. The van der Waals surface area contributed by atoms with Crippen molar-refractivity contribution in [2.75, 3.05) is 26.8 Å². The van der Waals surface area contributed by atoms with Gasteiger partial charge in [0.2, 0.25) is 5.91 Å². The first kappa shape index (κ1) is 20.7. The van der Waals surface area contributed by atoms with Gasteiger partial charge in [-0.1, -0.05) is 49.1 Å². The fourth-order valence-corrected chi connectivity index (χ4v) is 3.41. The van der Waals surface area contributed by atoms with Crippen LogP contribution in [-0.4, -0.2) is 43.7 Å². The number of likely N-dealkylation sites (tertiary alicyclic amines) is 1. The average Bonchev–Trinajstić information content (AvgIpc) is 3.18. The Kier molecular flexibility index (Phi) is 7.47. The minimum atomic E-state index is -0.0810. The Hall–Kier alpha value is -3.05. The maximum atomic E-state index is 12.3. The second kappa shape index (κ2) is 10.5. The predicted molar refractivity (Wildman–Crippen MR) is 116 cm³/mol. The normalized spacial score (nSPS) is 16.7. The fourth-order valence-electron chi connectivity index (χ4n) is 3.41. The number of amides is 1. The second-order valence-corrected chi connectivity index (χ2v) is 7.06. The van der Waals surface area contributed by atoms with Crippen LogP contribution in [0.2, 0.25) is 0 Å². The second-order valence-electron chi connectivity index (χ2n) is 7.06. The lowest BCUT2D eigenvalue weighted by Gasteiger charge is -2.16. The van der Waals surface area contributed by atoms with Gasteiger partial charge in [-0.2, -0.15) is 0 Å². The molecule has 1 amide bonds. The van der Waals surface area contributed by atoms with Crippen molar-refractivity contribution in [3.63, 3.8) is 0 Å². The number of rotatable bonds is 9. The number of ether oxygens (including phenoxy) is 2. The maximum Gasteiger partial charge on any atom is 0.244 e. The van der Waals surface area contributed by atoms with Crippen LogP contribution in [0.1, 0.15) is 17.5 Å². The molecule has 0 aliphatic carbocycles. The van der Waals surface area contributed by atoms with Crippen LogP contribution in [0.3, 0.4) is 0 Å². The van der Waals surface area contributed by atoms with E-state index in [1.807, 2.05) is 24.3 Å². The van der Waals surface area contributed by atoms with E-state index in [2.05, 4.69) is 41.1 Å². The molecule has 1 aliphatic rings. The van der Waals surface area contributed by atoms with Crippen LogP contribution in [0.5, 0.6) is 11.5 Å². The van der Waals surface area contributed by atoms with E-state index in [9.17, 15) is 4.79 Å². The molecule has 2 aromatic rings. The smallest absolute Gasteiger partial charge is 0.244 e. The van der Waals surface area contributed by atoms with Gasteiger partial charge in [0.15, 0.2) is 11.5 Å². The molecule has 1 unspecified atom stereocenters. The molecule has 2 aromatic carbocycles. The van der Waals surface area contributed by atoms with Crippen molar-refractivity contribution >= 4 is 12.0 Å². The number of benzene rings is 2. The van der Waals surface area contributed by atoms with Crippen molar-refractivity contribution < 1.29 is 14.3 Å². The van der Waals surface area contributed by atoms with Crippen molar-refractivity contribution in [1.29, 1.82) is 0 Å². The highest BCUT2D eigenvalue weighted by Gasteiger charge is 2.23. The van der Waals surface area contributed by atoms with Crippen LogP contribution < -0.4 is 14.8 Å². The number of nitrogens with zero attached hydrogens (tertiary/aromatic N) is 1. The Morgan fingerprint density at radius 1 is 1.24 bits per heavy atom. The minimum absolute atomic E-state index is 0.0810. The summed E-state index contributed by atoms with van der Waals surface area (Å²) in [4.78, 5) is 14.7. The van der Waals surface area contributed by atoms with Gasteiger partial charge in [-0.05, 0) is 35.8 Å². The molecule has 0 spiro atoms. The van der Waals surface area contributed by atoms with Crippen molar-refractivity contribution in [2.45, 2.75) is 19.0 Å². The first-order valence-electron chi connectivity index (χ1n) is 9.84. The summed E-state index contributed by atoms with van der Waals surface area (Å²) in [5, 5.41) is 3.10. The number of carbonyl (C=O) groups is 1. The van der Waals surface area contributed by atoms with Crippen molar-refractivity contribution in [3.05, 3.63) is 78.4 Å². The van der Waals surface area contributed by atoms with E-state index in [4.69, 9.17) is 9.47 Å². The largest absolute Gasteiger partial charge is 0.493 e. The summed E-state index contributed by atoms with van der Waals surface area (Å²) in [6.45, 7) is 6.84. The summed E-state index contributed by atoms with van der Waals surface area (Å²) in [6, 6.07) is 16.2. The lowest BCUT2D eigenvalue weighted by molar-refractivity contribution is -0.117. The standard InChI is InChI=1S/C24H28N2O3/c1-3-15-29-22-11-9-19(16-23(22)28-2)10-12-24(27)25-21-13-14-26(18-21)17-20-7-5-4-6-8-20/h3-12,16,21H,1,13-15,17-18H2,2H3,(H,25,27)/b12-10+. The molecule has 1 atom stereocenters. The van der Waals surface area contributed by atoms with Crippen LogP contribution >= 0.6 is 0 Å². The van der Waals surface area contributed by atoms with Crippen LogP contribution in [0.15, 0.2) is 67.3 Å². The number of carbonyl (C=O) groups excluding carboxylic acids is 1. The van der Waals surface area contributed by atoms with E-state index in [-0.39, 0.29) is 11.9 Å². The fraction of sp³-hybridized carbons (Fsp3) is 0.292. The van der Waals surface area contributed by atoms with Crippen LogP contribution in [0.25, 0.3) is 6.08 Å².